The molecule has 2 nitrogen and oxygen atoms in total. The van der Waals surface area contributed by atoms with Gasteiger partial charge in [-0.2, -0.15) is 0 Å². The van der Waals surface area contributed by atoms with E-state index in [0.29, 0.717) is 17.7 Å². The van der Waals surface area contributed by atoms with Crippen molar-refractivity contribution in [1.29, 1.82) is 0 Å². The first-order valence-electron chi connectivity index (χ1n) is 4.75. The minimum atomic E-state index is 0.298. The third-order valence-electron chi connectivity index (χ3n) is 1.86. The third kappa shape index (κ3) is 7.73. The molecule has 0 bridgehead atoms. The number of ketones is 1. The molecule has 0 saturated heterocycles. The van der Waals surface area contributed by atoms with E-state index in [9.17, 15) is 4.79 Å². The first kappa shape index (κ1) is 11.6. The molecule has 0 saturated carbocycles. The molecule has 12 heavy (non-hydrogen) atoms. The lowest BCUT2D eigenvalue weighted by atomic mass is 10.0. The minimum absolute atomic E-state index is 0.298. The molecule has 0 aromatic heterocycles. The Bertz CT molecular complexity index is 132. The number of rotatable bonds is 6. The Labute approximate surface area is 75.7 Å². The lowest BCUT2D eigenvalue weighted by Gasteiger charge is -2.13. The molecule has 0 amide bonds. The van der Waals surface area contributed by atoms with Crippen molar-refractivity contribution in [2.24, 2.45) is 5.92 Å². The summed E-state index contributed by atoms with van der Waals surface area (Å²) < 4.78 is 0. The van der Waals surface area contributed by atoms with Crippen LogP contribution in [-0.2, 0) is 4.79 Å². The molecule has 1 atom stereocenters. The van der Waals surface area contributed by atoms with Crippen LogP contribution < -0.4 is 5.32 Å². The third-order valence-corrected chi connectivity index (χ3v) is 1.86. The molecule has 0 aromatic rings. The van der Waals surface area contributed by atoms with Crippen LogP contribution in [0.4, 0.5) is 0 Å². The van der Waals surface area contributed by atoms with Gasteiger partial charge >= 0.3 is 0 Å². The maximum absolute atomic E-state index is 10.7. The van der Waals surface area contributed by atoms with Gasteiger partial charge in [0.25, 0.3) is 0 Å². The van der Waals surface area contributed by atoms with Gasteiger partial charge in [0.05, 0.1) is 0 Å². The Morgan fingerprint density at radius 3 is 2.33 bits per heavy atom. The van der Waals surface area contributed by atoms with E-state index >= 15 is 0 Å². The number of nitrogens with one attached hydrogen (secondary N) is 1. The Hall–Kier alpha value is -0.370. The fraction of sp³-hybridized carbons (Fsp3) is 0.900. The Morgan fingerprint density at radius 1 is 1.33 bits per heavy atom. The standard InChI is InChI=1S/C10H21NO/c1-8(2)11-7-9(3)5-6-10(4)12/h8-9,11H,5-7H2,1-4H3. The topological polar surface area (TPSA) is 29.1 Å². The molecule has 0 heterocycles. The quantitative estimate of drug-likeness (QED) is 0.662. The minimum Gasteiger partial charge on any atom is -0.314 e. The fourth-order valence-electron chi connectivity index (χ4n) is 0.989. The van der Waals surface area contributed by atoms with Gasteiger partial charge in [0.2, 0.25) is 0 Å². The summed E-state index contributed by atoms with van der Waals surface area (Å²) in [5, 5.41) is 3.36. The highest BCUT2D eigenvalue weighted by Crippen LogP contribution is 2.04. The van der Waals surface area contributed by atoms with Crippen molar-refractivity contribution < 1.29 is 4.79 Å². The van der Waals surface area contributed by atoms with E-state index in [2.05, 4.69) is 26.1 Å². The Balaban J connectivity index is 3.33. The molecule has 0 radical (unpaired) electrons. The lowest BCUT2D eigenvalue weighted by molar-refractivity contribution is -0.117. The Kier molecular flexibility index (Phi) is 5.99. The normalized spacial score (nSPS) is 13.4. The van der Waals surface area contributed by atoms with Crippen molar-refractivity contribution in [3.8, 4) is 0 Å². The maximum Gasteiger partial charge on any atom is 0.129 e. The molecule has 0 rings (SSSR count). The van der Waals surface area contributed by atoms with Gasteiger partial charge in [-0.3, -0.25) is 0 Å². The van der Waals surface area contributed by atoms with Gasteiger partial charge in [-0.25, -0.2) is 0 Å². The van der Waals surface area contributed by atoms with Crippen molar-refractivity contribution in [1.82, 2.24) is 5.32 Å². The zero-order valence-electron chi connectivity index (χ0n) is 8.68. The molecule has 0 spiro atoms. The van der Waals surface area contributed by atoms with Crippen LogP contribution in [0.3, 0.4) is 0 Å². The predicted octanol–water partition coefficient (Wildman–Crippen LogP) is 1.99. The van der Waals surface area contributed by atoms with Crippen LogP contribution in [0.5, 0.6) is 0 Å². The van der Waals surface area contributed by atoms with E-state index in [4.69, 9.17) is 0 Å². The van der Waals surface area contributed by atoms with Gasteiger partial charge in [-0.05, 0) is 25.8 Å². The van der Waals surface area contributed by atoms with Gasteiger partial charge in [0.15, 0.2) is 0 Å². The summed E-state index contributed by atoms with van der Waals surface area (Å²) >= 11 is 0. The van der Waals surface area contributed by atoms with Crippen molar-refractivity contribution >= 4 is 5.78 Å². The number of hydrogen-bond acceptors (Lipinski definition) is 2. The second-order valence-electron chi connectivity index (χ2n) is 3.91. The first-order valence-corrected chi connectivity index (χ1v) is 4.75. The molecule has 0 aliphatic rings. The second kappa shape index (κ2) is 6.18. The number of Topliss-reactive ketones (excluding diaryl/α,β-unsaturated/α-hetero) is 1. The monoisotopic (exact) mass is 171 g/mol. The molecule has 1 unspecified atom stereocenters. The van der Waals surface area contributed by atoms with Crippen molar-refractivity contribution in [3.05, 3.63) is 0 Å². The average molecular weight is 171 g/mol. The van der Waals surface area contributed by atoms with Crippen LogP contribution in [0.2, 0.25) is 0 Å². The molecule has 72 valence electrons. The molecule has 0 aromatic carbocycles. The molecule has 0 fully saturated rings. The largest absolute Gasteiger partial charge is 0.314 e. The maximum atomic E-state index is 10.7. The predicted molar refractivity (Wildman–Crippen MR) is 52.2 cm³/mol. The van der Waals surface area contributed by atoms with Gasteiger partial charge < -0.3 is 10.1 Å². The summed E-state index contributed by atoms with van der Waals surface area (Å²) in [4.78, 5) is 10.7. The van der Waals surface area contributed by atoms with Crippen molar-refractivity contribution in [2.45, 2.75) is 46.6 Å². The van der Waals surface area contributed by atoms with Gasteiger partial charge in [0, 0.05) is 12.5 Å². The van der Waals surface area contributed by atoms with E-state index in [1.54, 1.807) is 6.92 Å². The van der Waals surface area contributed by atoms with E-state index in [-0.39, 0.29) is 0 Å². The Morgan fingerprint density at radius 2 is 1.92 bits per heavy atom. The second-order valence-corrected chi connectivity index (χ2v) is 3.91. The molecule has 2 heteroatoms. The molecule has 1 N–H and O–H groups in total. The average Bonchev–Trinajstić information content (AvgIpc) is 1.96. The lowest BCUT2D eigenvalue weighted by Crippen LogP contribution is -2.27. The zero-order valence-corrected chi connectivity index (χ0v) is 8.68. The van der Waals surface area contributed by atoms with Crippen LogP contribution in [-0.4, -0.2) is 18.4 Å². The van der Waals surface area contributed by atoms with E-state index in [1.807, 2.05) is 0 Å². The zero-order chi connectivity index (χ0) is 9.56. The van der Waals surface area contributed by atoms with Crippen molar-refractivity contribution in [3.63, 3.8) is 0 Å². The van der Waals surface area contributed by atoms with Gasteiger partial charge in [-0.15, -0.1) is 0 Å². The molecule has 0 aliphatic heterocycles. The van der Waals surface area contributed by atoms with Crippen LogP contribution >= 0.6 is 0 Å². The summed E-state index contributed by atoms with van der Waals surface area (Å²) in [5.41, 5.74) is 0. The summed E-state index contributed by atoms with van der Waals surface area (Å²) in [7, 11) is 0. The smallest absolute Gasteiger partial charge is 0.129 e. The number of carbonyl (C=O) groups excluding carboxylic acids is 1. The van der Waals surface area contributed by atoms with E-state index < -0.39 is 0 Å². The first-order chi connectivity index (χ1) is 5.52. The molecular weight excluding hydrogens is 150 g/mol. The molecular formula is C10H21NO. The van der Waals surface area contributed by atoms with Crippen molar-refractivity contribution in [2.75, 3.05) is 6.54 Å². The van der Waals surface area contributed by atoms with Crippen LogP contribution in [0.15, 0.2) is 0 Å². The highest BCUT2D eigenvalue weighted by molar-refractivity contribution is 5.75. The fourth-order valence-corrected chi connectivity index (χ4v) is 0.989. The SMILES string of the molecule is CC(=O)CCC(C)CNC(C)C. The molecule has 0 aliphatic carbocycles. The highest BCUT2D eigenvalue weighted by Gasteiger charge is 2.03. The summed E-state index contributed by atoms with van der Waals surface area (Å²) in [6, 6.07) is 0.546. The highest BCUT2D eigenvalue weighted by atomic mass is 16.1. The van der Waals surface area contributed by atoms with Gasteiger partial charge in [0.1, 0.15) is 5.78 Å². The van der Waals surface area contributed by atoms with Crippen LogP contribution in [0, 0.1) is 5.92 Å². The summed E-state index contributed by atoms with van der Waals surface area (Å²) in [6.07, 6.45) is 1.73. The van der Waals surface area contributed by atoms with Crippen LogP contribution in [0.1, 0.15) is 40.5 Å². The van der Waals surface area contributed by atoms with Crippen LogP contribution in [0.25, 0.3) is 0 Å². The number of hydrogen-bond donors (Lipinski definition) is 1. The summed E-state index contributed by atoms with van der Waals surface area (Å²) in [6.45, 7) is 9.13. The number of carbonyl (C=O) groups is 1. The van der Waals surface area contributed by atoms with Gasteiger partial charge in [-0.1, -0.05) is 20.8 Å². The summed E-state index contributed by atoms with van der Waals surface area (Å²) in [5.74, 6) is 0.905. The van der Waals surface area contributed by atoms with E-state index in [0.717, 1.165) is 19.4 Å². The van der Waals surface area contributed by atoms with E-state index in [1.165, 1.54) is 0 Å².